The molecule has 0 aromatic heterocycles. The van der Waals surface area contributed by atoms with E-state index in [0.29, 0.717) is 17.9 Å². The minimum absolute atomic E-state index is 0.118. The second-order valence-electron chi connectivity index (χ2n) is 7.16. The highest BCUT2D eigenvalue weighted by molar-refractivity contribution is 5.73. The summed E-state index contributed by atoms with van der Waals surface area (Å²) < 4.78 is 10.9. The van der Waals surface area contributed by atoms with Gasteiger partial charge in [-0.1, -0.05) is 19.1 Å². The van der Waals surface area contributed by atoms with Crippen molar-refractivity contribution in [1.82, 2.24) is 0 Å². The van der Waals surface area contributed by atoms with Gasteiger partial charge in [-0.2, -0.15) is 0 Å². The predicted octanol–water partition coefficient (Wildman–Crippen LogP) is 3.11. The van der Waals surface area contributed by atoms with Gasteiger partial charge in [0.05, 0.1) is 19.6 Å². The van der Waals surface area contributed by atoms with Gasteiger partial charge in [0.1, 0.15) is 5.75 Å². The molecule has 0 spiro atoms. The molecule has 3 rings (SSSR count). The zero-order chi connectivity index (χ0) is 16.4. The van der Waals surface area contributed by atoms with Crippen molar-refractivity contribution >= 4 is 5.97 Å². The van der Waals surface area contributed by atoms with Crippen LogP contribution in [0.5, 0.6) is 5.75 Å². The Balaban J connectivity index is 1.67. The van der Waals surface area contributed by atoms with Gasteiger partial charge in [0.2, 0.25) is 0 Å². The quantitative estimate of drug-likeness (QED) is 0.785. The van der Waals surface area contributed by atoms with Crippen molar-refractivity contribution in [2.24, 2.45) is 23.5 Å². The summed E-state index contributed by atoms with van der Waals surface area (Å²) in [7, 11) is 1.46. The number of ether oxygens (including phenoxy) is 2. The van der Waals surface area contributed by atoms with Crippen molar-refractivity contribution in [3.63, 3.8) is 0 Å². The lowest BCUT2D eigenvalue weighted by molar-refractivity contribution is -0.145. The summed E-state index contributed by atoms with van der Waals surface area (Å²) in [6.45, 7) is 2.70. The smallest absolute Gasteiger partial charge is 0.309 e. The maximum absolute atomic E-state index is 12.0. The molecular weight excluding hydrogens is 290 g/mol. The van der Waals surface area contributed by atoms with Crippen LogP contribution in [0.3, 0.4) is 0 Å². The van der Waals surface area contributed by atoms with Gasteiger partial charge in [-0.15, -0.1) is 0 Å². The summed E-state index contributed by atoms with van der Waals surface area (Å²) in [5, 5.41) is 0. The predicted molar refractivity (Wildman–Crippen MR) is 89.3 cm³/mol. The molecular formula is C19H27NO3. The largest absolute Gasteiger partial charge is 0.493 e. The lowest BCUT2D eigenvalue weighted by atomic mass is 9.81. The van der Waals surface area contributed by atoms with Crippen molar-refractivity contribution < 1.29 is 14.3 Å². The zero-order valence-corrected chi connectivity index (χ0v) is 14.0. The fourth-order valence-corrected chi connectivity index (χ4v) is 3.71. The van der Waals surface area contributed by atoms with Gasteiger partial charge >= 0.3 is 5.97 Å². The summed E-state index contributed by atoms with van der Waals surface area (Å²) in [6.07, 6.45) is 4.50. The number of nitrogens with two attached hydrogens (primary N) is 1. The Morgan fingerprint density at radius 1 is 1.35 bits per heavy atom. The van der Waals surface area contributed by atoms with Crippen LogP contribution in [0.2, 0.25) is 0 Å². The van der Waals surface area contributed by atoms with Gasteiger partial charge in [-0.05, 0) is 61.1 Å². The molecule has 1 aromatic rings. The highest BCUT2D eigenvalue weighted by Gasteiger charge is 2.39. The first-order valence-corrected chi connectivity index (χ1v) is 8.64. The number of hydrogen-bond donors (Lipinski definition) is 1. The molecule has 2 atom stereocenters. The number of hydrogen-bond acceptors (Lipinski definition) is 4. The van der Waals surface area contributed by atoms with Crippen molar-refractivity contribution in [2.45, 2.75) is 44.6 Å². The van der Waals surface area contributed by atoms with Gasteiger partial charge in [-0.25, -0.2) is 0 Å². The van der Waals surface area contributed by atoms with Crippen LogP contribution in [0, 0.1) is 17.8 Å². The third-order valence-electron chi connectivity index (χ3n) is 5.24. The fourth-order valence-electron chi connectivity index (χ4n) is 3.71. The maximum atomic E-state index is 12.0. The summed E-state index contributed by atoms with van der Waals surface area (Å²) in [5.74, 6) is 2.05. The Labute approximate surface area is 138 Å². The fraction of sp³-hybridized carbons (Fsp3) is 0.632. The number of carbonyl (C=O) groups is 1. The molecule has 4 heteroatoms. The van der Waals surface area contributed by atoms with E-state index in [1.54, 1.807) is 0 Å². The second-order valence-corrected chi connectivity index (χ2v) is 7.16. The lowest BCUT2D eigenvalue weighted by Crippen LogP contribution is -2.39. The molecule has 0 radical (unpaired) electrons. The average Bonchev–Trinajstić information content (AvgIpc) is 3.35. The molecule has 0 heterocycles. The number of methoxy groups -OCH3 is 1. The highest BCUT2D eigenvalue weighted by atomic mass is 16.5. The molecule has 1 aromatic carbocycles. The normalized spacial score (nSPS) is 26.0. The van der Waals surface area contributed by atoms with E-state index in [4.69, 9.17) is 15.2 Å². The maximum Gasteiger partial charge on any atom is 0.309 e. The van der Waals surface area contributed by atoms with Crippen molar-refractivity contribution in [3.8, 4) is 5.75 Å². The van der Waals surface area contributed by atoms with E-state index in [1.165, 1.54) is 25.5 Å². The molecule has 0 bridgehead atoms. The van der Waals surface area contributed by atoms with Crippen LogP contribution in [0.25, 0.3) is 0 Å². The SMILES string of the molecule is COC(=O)C(C)C(c1cccc(OCC2CC(N)C2)c1)C1CC1. The van der Waals surface area contributed by atoms with Crippen LogP contribution >= 0.6 is 0 Å². The number of carbonyl (C=O) groups excluding carboxylic acids is 1. The van der Waals surface area contributed by atoms with Gasteiger partial charge in [0.15, 0.2) is 0 Å². The summed E-state index contributed by atoms with van der Waals surface area (Å²) in [6, 6.07) is 8.58. The van der Waals surface area contributed by atoms with Gasteiger partial charge < -0.3 is 15.2 Å². The summed E-state index contributed by atoms with van der Waals surface area (Å²) >= 11 is 0. The minimum atomic E-state index is -0.128. The molecule has 2 aliphatic carbocycles. The van der Waals surface area contributed by atoms with Crippen LogP contribution in [0.4, 0.5) is 0 Å². The van der Waals surface area contributed by atoms with Gasteiger partial charge in [-0.3, -0.25) is 4.79 Å². The number of esters is 1. The third kappa shape index (κ3) is 3.86. The van der Waals surface area contributed by atoms with Crippen LogP contribution in [-0.4, -0.2) is 25.7 Å². The molecule has 2 N–H and O–H groups in total. The first kappa shape index (κ1) is 16.3. The lowest BCUT2D eigenvalue weighted by Gasteiger charge is -2.32. The van der Waals surface area contributed by atoms with Crippen molar-refractivity contribution in [1.29, 1.82) is 0 Å². The van der Waals surface area contributed by atoms with Crippen LogP contribution in [-0.2, 0) is 9.53 Å². The Kier molecular flexibility index (Phi) is 4.90. The first-order chi connectivity index (χ1) is 11.1. The Hall–Kier alpha value is -1.55. The van der Waals surface area contributed by atoms with E-state index in [9.17, 15) is 4.79 Å². The summed E-state index contributed by atoms with van der Waals surface area (Å²) in [4.78, 5) is 12.0. The molecule has 4 nitrogen and oxygen atoms in total. The molecule has 2 aliphatic rings. The van der Waals surface area contributed by atoms with E-state index in [2.05, 4.69) is 12.1 Å². The minimum Gasteiger partial charge on any atom is -0.493 e. The third-order valence-corrected chi connectivity index (χ3v) is 5.24. The first-order valence-electron chi connectivity index (χ1n) is 8.64. The van der Waals surface area contributed by atoms with E-state index in [-0.39, 0.29) is 17.8 Å². The Bertz CT molecular complexity index is 549. The van der Waals surface area contributed by atoms with Crippen LogP contribution in [0.15, 0.2) is 24.3 Å². The molecule has 2 saturated carbocycles. The second kappa shape index (κ2) is 6.91. The molecule has 126 valence electrons. The number of benzene rings is 1. The number of rotatable bonds is 7. The van der Waals surface area contributed by atoms with Crippen LogP contribution in [0.1, 0.15) is 44.1 Å². The van der Waals surface area contributed by atoms with Crippen molar-refractivity contribution in [3.05, 3.63) is 29.8 Å². The van der Waals surface area contributed by atoms with Gasteiger partial charge in [0.25, 0.3) is 0 Å². The van der Waals surface area contributed by atoms with E-state index < -0.39 is 0 Å². The highest BCUT2D eigenvalue weighted by Crippen LogP contribution is 2.47. The van der Waals surface area contributed by atoms with E-state index >= 15 is 0 Å². The monoisotopic (exact) mass is 317 g/mol. The van der Waals surface area contributed by atoms with E-state index in [1.807, 2.05) is 19.1 Å². The summed E-state index contributed by atoms with van der Waals surface area (Å²) in [5.41, 5.74) is 7.01. The van der Waals surface area contributed by atoms with Gasteiger partial charge in [0, 0.05) is 6.04 Å². The molecule has 0 amide bonds. The topological polar surface area (TPSA) is 61.5 Å². The Morgan fingerprint density at radius 3 is 2.70 bits per heavy atom. The Morgan fingerprint density at radius 2 is 2.09 bits per heavy atom. The molecule has 23 heavy (non-hydrogen) atoms. The molecule has 0 aliphatic heterocycles. The molecule has 2 fully saturated rings. The van der Waals surface area contributed by atoms with E-state index in [0.717, 1.165) is 25.2 Å². The van der Waals surface area contributed by atoms with Crippen molar-refractivity contribution in [2.75, 3.05) is 13.7 Å². The zero-order valence-electron chi connectivity index (χ0n) is 14.0. The van der Waals surface area contributed by atoms with Crippen LogP contribution < -0.4 is 10.5 Å². The molecule has 2 unspecified atom stereocenters. The molecule has 0 saturated heterocycles. The average molecular weight is 317 g/mol. The standard InChI is InChI=1S/C19H27NO3/c1-12(19(21)22-2)18(14-6-7-14)15-4-3-5-17(10-15)23-11-13-8-16(20)9-13/h3-5,10,12-14,16,18H,6-9,11,20H2,1-2H3.